The summed E-state index contributed by atoms with van der Waals surface area (Å²) < 4.78 is 34.6. The Morgan fingerprint density at radius 2 is 2.11 bits per heavy atom. The van der Waals surface area contributed by atoms with Crippen LogP contribution in [0.2, 0.25) is 0 Å². The number of benzene rings is 1. The van der Waals surface area contributed by atoms with Crippen LogP contribution in [-0.4, -0.2) is 47.9 Å². The van der Waals surface area contributed by atoms with Gasteiger partial charge in [0.1, 0.15) is 0 Å². The van der Waals surface area contributed by atoms with Crippen LogP contribution in [0.15, 0.2) is 42.5 Å². The van der Waals surface area contributed by atoms with E-state index in [0.717, 1.165) is 19.8 Å². The third-order valence-electron chi connectivity index (χ3n) is 4.25. The molecule has 1 fully saturated rings. The van der Waals surface area contributed by atoms with Crippen LogP contribution in [0.25, 0.3) is 0 Å². The number of hydrogen-bond donors (Lipinski definition) is 2. The van der Waals surface area contributed by atoms with Gasteiger partial charge in [-0.3, -0.25) is 4.79 Å². The summed E-state index contributed by atoms with van der Waals surface area (Å²) in [7, 11) is 0. The van der Waals surface area contributed by atoms with E-state index < -0.39 is 18.0 Å². The number of urea groups is 1. The van der Waals surface area contributed by atoms with Crippen molar-refractivity contribution in [1.29, 1.82) is 0 Å². The highest BCUT2D eigenvalue weighted by atomic mass is 32.1. The van der Waals surface area contributed by atoms with Crippen LogP contribution < -0.4 is 5.32 Å². The Balaban J connectivity index is 2.17. The molecule has 27 heavy (non-hydrogen) atoms. The first kappa shape index (κ1) is 21.2. The average Bonchev–Trinajstić information content (AvgIpc) is 2.99. The van der Waals surface area contributed by atoms with Gasteiger partial charge < -0.3 is 15.0 Å². The predicted octanol–water partition coefficient (Wildman–Crippen LogP) is 3.37. The second-order valence-electron chi connectivity index (χ2n) is 6.28. The molecule has 1 aliphatic rings. The molecule has 0 spiro atoms. The van der Waals surface area contributed by atoms with Gasteiger partial charge in [-0.25, -0.2) is 4.79 Å². The number of halogens is 2. The number of thiol groups is 1. The van der Waals surface area contributed by atoms with E-state index >= 15 is 0 Å². The van der Waals surface area contributed by atoms with Crippen molar-refractivity contribution in [2.45, 2.75) is 37.8 Å². The summed E-state index contributed by atoms with van der Waals surface area (Å²) in [5, 5.41) is 2.70. The molecule has 1 saturated heterocycles. The number of rotatable bonds is 9. The maximum atomic E-state index is 14.8. The number of alkyl halides is 2. The molecule has 1 N–H and O–H groups in total. The molecule has 2 atom stereocenters. The Labute approximate surface area is 163 Å². The Hall–Kier alpha value is -2.09. The van der Waals surface area contributed by atoms with E-state index in [2.05, 4.69) is 17.9 Å². The van der Waals surface area contributed by atoms with Gasteiger partial charge in [-0.2, -0.15) is 21.4 Å². The lowest BCUT2D eigenvalue weighted by Gasteiger charge is -2.25. The quantitative estimate of drug-likeness (QED) is 0.290. The number of hydrogen-bond acceptors (Lipinski definition) is 4. The van der Waals surface area contributed by atoms with Gasteiger partial charge in [0.25, 0.3) is 0 Å². The number of nitrogens with zero attached hydrogens (tertiary/aromatic N) is 1. The van der Waals surface area contributed by atoms with E-state index in [1.807, 2.05) is 0 Å². The minimum Gasteiger partial charge on any atom is -0.451 e. The minimum absolute atomic E-state index is 0.234. The van der Waals surface area contributed by atoms with Crippen LogP contribution in [0, 0.1) is 0 Å². The summed E-state index contributed by atoms with van der Waals surface area (Å²) in [5.41, 5.74) is -0.243. The number of carbonyl (C=O) groups is 2. The molecule has 8 heteroatoms. The van der Waals surface area contributed by atoms with Gasteiger partial charge in [-0.05, 0) is 24.7 Å². The molecule has 148 valence electrons. The van der Waals surface area contributed by atoms with Gasteiger partial charge in [-0.1, -0.05) is 36.4 Å². The molecule has 5 nitrogen and oxygen atoms in total. The second kappa shape index (κ2) is 9.73. The largest absolute Gasteiger partial charge is 0.451 e. The molecule has 0 radical (unpaired) electrons. The topological polar surface area (TPSA) is 58.6 Å². The molecule has 2 rings (SSSR count). The Morgan fingerprint density at radius 3 is 2.74 bits per heavy atom. The molecule has 2 amide bonds. The van der Waals surface area contributed by atoms with Gasteiger partial charge in [0, 0.05) is 25.6 Å². The monoisotopic (exact) mass is 398 g/mol. The fourth-order valence-electron chi connectivity index (χ4n) is 2.85. The first-order chi connectivity index (χ1) is 12.9. The van der Waals surface area contributed by atoms with Gasteiger partial charge in [-0.15, -0.1) is 0 Å². The molecular weight excluding hydrogens is 374 g/mol. The number of nitrogens with one attached hydrogen (secondary N) is 1. The van der Waals surface area contributed by atoms with E-state index in [0.29, 0.717) is 18.8 Å². The van der Waals surface area contributed by atoms with Gasteiger partial charge >= 0.3 is 17.9 Å². The number of amides is 2. The van der Waals surface area contributed by atoms with Crippen LogP contribution >= 0.6 is 12.6 Å². The minimum atomic E-state index is -3.39. The molecule has 1 aliphatic heterocycles. The van der Waals surface area contributed by atoms with Crippen molar-refractivity contribution in [3.8, 4) is 0 Å². The first-order valence-electron chi connectivity index (χ1n) is 8.80. The van der Waals surface area contributed by atoms with Crippen molar-refractivity contribution in [1.82, 2.24) is 10.2 Å². The molecule has 0 saturated carbocycles. The van der Waals surface area contributed by atoms with Gasteiger partial charge in [0.15, 0.2) is 6.10 Å². The number of esters is 1. The molecule has 0 aliphatic carbocycles. The predicted molar refractivity (Wildman–Crippen MR) is 102 cm³/mol. The summed E-state index contributed by atoms with van der Waals surface area (Å²) in [6.45, 7) is 1.92. The van der Waals surface area contributed by atoms with E-state index in [9.17, 15) is 18.4 Å². The molecule has 1 aromatic carbocycles. The lowest BCUT2D eigenvalue weighted by molar-refractivity contribution is -0.165. The summed E-state index contributed by atoms with van der Waals surface area (Å²) in [6.07, 6.45) is 2.54. The van der Waals surface area contributed by atoms with Crippen molar-refractivity contribution >= 4 is 24.6 Å². The Bertz CT molecular complexity index is 670. The SMILES string of the molecule is CC(=O)OC(C=CC1CNC(=O)N1CCCCS)C(F)(F)c1ccccc1. The summed E-state index contributed by atoms with van der Waals surface area (Å²) in [6, 6.07) is 6.60. The van der Waals surface area contributed by atoms with Crippen LogP contribution in [-0.2, 0) is 15.5 Å². The molecular formula is C19H24F2N2O3S. The molecule has 0 aromatic heterocycles. The maximum Gasteiger partial charge on any atom is 0.318 e. The van der Waals surface area contributed by atoms with Gasteiger partial charge in [0.05, 0.1) is 6.04 Å². The van der Waals surface area contributed by atoms with E-state index in [1.54, 1.807) is 11.0 Å². The van der Waals surface area contributed by atoms with Crippen LogP contribution in [0.1, 0.15) is 25.3 Å². The Kier molecular flexibility index (Phi) is 7.65. The van der Waals surface area contributed by atoms with Crippen LogP contribution in [0.4, 0.5) is 13.6 Å². The van der Waals surface area contributed by atoms with Gasteiger partial charge in [0.2, 0.25) is 0 Å². The van der Waals surface area contributed by atoms with Crippen molar-refractivity contribution in [2.24, 2.45) is 0 Å². The van der Waals surface area contributed by atoms with Crippen molar-refractivity contribution in [3.05, 3.63) is 48.0 Å². The smallest absolute Gasteiger partial charge is 0.318 e. The van der Waals surface area contributed by atoms with E-state index in [4.69, 9.17) is 4.74 Å². The standard InChI is InChI=1S/C19H24F2N2O3S/c1-14(24)26-17(19(20,21)15-7-3-2-4-8-15)10-9-16-13-22-18(25)23(16)11-5-6-12-27/h2-4,7-10,16-17,27H,5-6,11-13H2,1H3,(H,22,25). The number of carbonyl (C=O) groups excluding carboxylic acids is 2. The van der Waals surface area contributed by atoms with E-state index in [-0.39, 0.29) is 17.6 Å². The average molecular weight is 398 g/mol. The second-order valence-corrected chi connectivity index (χ2v) is 6.73. The zero-order chi connectivity index (χ0) is 19.9. The highest BCUT2D eigenvalue weighted by Gasteiger charge is 2.42. The first-order valence-corrected chi connectivity index (χ1v) is 9.43. The lowest BCUT2D eigenvalue weighted by Crippen LogP contribution is -2.36. The fraction of sp³-hybridized carbons (Fsp3) is 0.474. The molecule has 1 heterocycles. The summed E-state index contributed by atoms with van der Waals surface area (Å²) in [4.78, 5) is 24.9. The number of unbranched alkanes of at least 4 members (excludes halogenated alkanes) is 1. The highest BCUT2D eigenvalue weighted by molar-refractivity contribution is 7.80. The summed E-state index contributed by atoms with van der Waals surface area (Å²) in [5.74, 6) is -3.48. The fourth-order valence-corrected chi connectivity index (χ4v) is 3.08. The zero-order valence-corrected chi connectivity index (χ0v) is 16.0. The maximum absolute atomic E-state index is 14.8. The Morgan fingerprint density at radius 1 is 1.41 bits per heavy atom. The zero-order valence-electron chi connectivity index (χ0n) is 15.1. The molecule has 0 bridgehead atoms. The van der Waals surface area contributed by atoms with Crippen molar-refractivity contribution in [2.75, 3.05) is 18.8 Å². The van der Waals surface area contributed by atoms with Crippen LogP contribution in [0.3, 0.4) is 0 Å². The lowest BCUT2D eigenvalue weighted by atomic mass is 10.0. The third-order valence-corrected chi connectivity index (χ3v) is 4.56. The van der Waals surface area contributed by atoms with E-state index in [1.165, 1.54) is 36.4 Å². The van der Waals surface area contributed by atoms with Crippen LogP contribution in [0.5, 0.6) is 0 Å². The summed E-state index contributed by atoms with van der Waals surface area (Å²) >= 11 is 4.14. The third kappa shape index (κ3) is 5.69. The molecule has 1 aromatic rings. The normalized spacial score (nSPS) is 18.6. The van der Waals surface area contributed by atoms with Crippen molar-refractivity contribution < 1.29 is 23.1 Å². The molecule has 2 unspecified atom stereocenters. The highest BCUT2D eigenvalue weighted by Crippen LogP contribution is 2.34. The van der Waals surface area contributed by atoms with Crippen molar-refractivity contribution in [3.63, 3.8) is 0 Å². The number of ether oxygens (including phenoxy) is 1.